The molecule has 74 valence electrons. The van der Waals surface area contributed by atoms with Crippen molar-refractivity contribution < 1.29 is 9.84 Å². The molecule has 0 saturated carbocycles. The maximum Gasteiger partial charge on any atom is 0.125 e. The topological polar surface area (TPSA) is 42.4 Å². The van der Waals surface area contributed by atoms with E-state index in [1.807, 2.05) is 6.92 Å². The summed E-state index contributed by atoms with van der Waals surface area (Å²) in [6, 6.07) is 0. The summed E-state index contributed by atoms with van der Waals surface area (Å²) in [7, 11) is 1.68. The SMILES string of the molecule is CCC(C)(OC)c1ncc(CO)s1. The smallest absolute Gasteiger partial charge is 0.125 e. The van der Waals surface area contributed by atoms with Gasteiger partial charge in [0.15, 0.2) is 0 Å². The van der Waals surface area contributed by atoms with Gasteiger partial charge in [0.2, 0.25) is 0 Å². The van der Waals surface area contributed by atoms with Crippen LogP contribution in [0.15, 0.2) is 6.20 Å². The molecule has 0 radical (unpaired) electrons. The molecule has 1 rings (SSSR count). The van der Waals surface area contributed by atoms with Gasteiger partial charge in [-0.15, -0.1) is 11.3 Å². The molecule has 0 bridgehead atoms. The van der Waals surface area contributed by atoms with Crippen molar-refractivity contribution in [2.45, 2.75) is 32.5 Å². The quantitative estimate of drug-likeness (QED) is 0.809. The Bertz CT molecular complexity index is 268. The minimum Gasteiger partial charge on any atom is -0.391 e. The van der Waals surface area contributed by atoms with Crippen LogP contribution in [0.2, 0.25) is 0 Å². The molecule has 0 aliphatic heterocycles. The molecule has 4 heteroatoms. The molecule has 1 aromatic rings. The van der Waals surface area contributed by atoms with Gasteiger partial charge in [-0.2, -0.15) is 0 Å². The molecular formula is C9H15NO2S. The monoisotopic (exact) mass is 201 g/mol. The average Bonchev–Trinajstić information content (AvgIpc) is 2.65. The molecule has 3 nitrogen and oxygen atoms in total. The van der Waals surface area contributed by atoms with Gasteiger partial charge in [-0.05, 0) is 13.3 Å². The van der Waals surface area contributed by atoms with E-state index in [2.05, 4.69) is 11.9 Å². The number of aliphatic hydroxyl groups excluding tert-OH is 1. The van der Waals surface area contributed by atoms with Crippen molar-refractivity contribution in [3.05, 3.63) is 16.1 Å². The van der Waals surface area contributed by atoms with Crippen LogP contribution < -0.4 is 0 Å². The van der Waals surface area contributed by atoms with Crippen molar-refractivity contribution in [2.75, 3.05) is 7.11 Å². The van der Waals surface area contributed by atoms with Crippen LogP contribution in [0.1, 0.15) is 30.2 Å². The third-order valence-electron chi connectivity index (χ3n) is 2.29. The summed E-state index contributed by atoms with van der Waals surface area (Å²) < 4.78 is 5.40. The molecule has 0 spiro atoms. The highest BCUT2D eigenvalue weighted by Crippen LogP contribution is 2.31. The molecule has 0 aliphatic carbocycles. The molecular weight excluding hydrogens is 186 g/mol. The van der Waals surface area contributed by atoms with Crippen molar-refractivity contribution in [3.63, 3.8) is 0 Å². The predicted molar refractivity (Wildman–Crippen MR) is 52.7 cm³/mol. The Morgan fingerprint density at radius 1 is 1.69 bits per heavy atom. The van der Waals surface area contributed by atoms with E-state index in [0.29, 0.717) is 0 Å². The standard InChI is InChI=1S/C9H15NO2S/c1-4-9(2,12-3)8-10-5-7(6-11)13-8/h5,11H,4,6H2,1-3H3. The van der Waals surface area contributed by atoms with Crippen LogP contribution in [-0.2, 0) is 16.9 Å². The number of hydrogen-bond acceptors (Lipinski definition) is 4. The van der Waals surface area contributed by atoms with Gasteiger partial charge < -0.3 is 9.84 Å². The summed E-state index contributed by atoms with van der Waals surface area (Å²) in [4.78, 5) is 5.12. The zero-order chi connectivity index (χ0) is 9.90. The fourth-order valence-electron chi connectivity index (χ4n) is 1.01. The van der Waals surface area contributed by atoms with Crippen molar-refractivity contribution in [3.8, 4) is 0 Å². The normalized spacial score (nSPS) is 15.7. The molecule has 1 heterocycles. The van der Waals surface area contributed by atoms with Crippen molar-refractivity contribution in [1.29, 1.82) is 0 Å². The third kappa shape index (κ3) is 2.07. The first-order valence-corrected chi connectivity index (χ1v) is 5.09. The van der Waals surface area contributed by atoms with Gasteiger partial charge in [0.05, 0.1) is 11.5 Å². The molecule has 0 aliphatic rings. The summed E-state index contributed by atoms with van der Waals surface area (Å²) in [6.07, 6.45) is 2.58. The van der Waals surface area contributed by atoms with Gasteiger partial charge in [0.1, 0.15) is 10.6 Å². The Morgan fingerprint density at radius 2 is 2.38 bits per heavy atom. The van der Waals surface area contributed by atoms with E-state index in [1.165, 1.54) is 11.3 Å². The van der Waals surface area contributed by atoms with E-state index in [9.17, 15) is 0 Å². The van der Waals surface area contributed by atoms with Crippen molar-refractivity contribution in [2.24, 2.45) is 0 Å². The highest BCUT2D eigenvalue weighted by Gasteiger charge is 2.27. The minimum atomic E-state index is -0.307. The van der Waals surface area contributed by atoms with Crippen molar-refractivity contribution in [1.82, 2.24) is 4.98 Å². The van der Waals surface area contributed by atoms with Gasteiger partial charge in [0, 0.05) is 13.3 Å². The lowest BCUT2D eigenvalue weighted by molar-refractivity contribution is -0.00156. The second-order valence-corrected chi connectivity index (χ2v) is 4.19. The van der Waals surface area contributed by atoms with Gasteiger partial charge >= 0.3 is 0 Å². The van der Waals surface area contributed by atoms with Crippen LogP contribution in [0.4, 0.5) is 0 Å². The Kier molecular flexibility index (Phi) is 3.41. The molecule has 1 aromatic heterocycles. The number of hydrogen-bond donors (Lipinski definition) is 1. The Morgan fingerprint density at radius 3 is 2.77 bits per heavy atom. The summed E-state index contributed by atoms with van der Waals surface area (Å²) >= 11 is 1.50. The van der Waals surface area contributed by atoms with Crippen molar-refractivity contribution >= 4 is 11.3 Å². The first kappa shape index (κ1) is 10.6. The number of ether oxygens (including phenoxy) is 1. The lowest BCUT2D eigenvalue weighted by Crippen LogP contribution is -2.22. The van der Waals surface area contributed by atoms with Crippen LogP contribution in [0.25, 0.3) is 0 Å². The highest BCUT2D eigenvalue weighted by atomic mass is 32.1. The van der Waals surface area contributed by atoms with E-state index in [0.717, 1.165) is 16.3 Å². The van der Waals surface area contributed by atoms with Gasteiger partial charge in [-0.1, -0.05) is 6.92 Å². The Hall–Kier alpha value is -0.450. The lowest BCUT2D eigenvalue weighted by Gasteiger charge is -2.23. The predicted octanol–water partition coefficient (Wildman–Crippen LogP) is 1.91. The van der Waals surface area contributed by atoms with E-state index in [4.69, 9.17) is 9.84 Å². The Labute approximate surface area is 82.4 Å². The number of aromatic nitrogens is 1. The molecule has 0 aromatic carbocycles. The fraction of sp³-hybridized carbons (Fsp3) is 0.667. The number of rotatable bonds is 4. The summed E-state index contributed by atoms with van der Waals surface area (Å²) in [6.45, 7) is 4.12. The highest BCUT2D eigenvalue weighted by molar-refractivity contribution is 7.11. The Balaban J connectivity index is 2.91. The fourth-order valence-corrected chi connectivity index (χ4v) is 1.98. The van der Waals surface area contributed by atoms with E-state index >= 15 is 0 Å². The first-order valence-electron chi connectivity index (χ1n) is 4.27. The van der Waals surface area contributed by atoms with Gasteiger partial charge in [-0.3, -0.25) is 0 Å². The largest absolute Gasteiger partial charge is 0.391 e. The number of thiazole rings is 1. The number of aliphatic hydroxyl groups is 1. The zero-order valence-electron chi connectivity index (χ0n) is 8.20. The van der Waals surface area contributed by atoms with E-state index < -0.39 is 0 Å². The molecule has 1 unspecified atom stereocenters. The number of methoxy groups -OCH3 is 1. The average molecular weight is 201 g/mol. The molecule has 0 saturated heterocycles. The van der Waals surface area contributed by atoms with Gasteiger partial charge in [-0.25, -0.2) is 4.98 Å². The molecule has 1 atom stereocenters. The lowest BCUT2D eigenvalue weighted by atomic mass is 10.1. The zero-order valence-corrected chi connectivity index (χ0v) is 9.02. The van der Waals surface area contributed by atoms with E-state index in [-0.39, 0.29) is 12.2 Å². The first-order chi connectivity index (χ1) is 6.16. The second kappa shape index (κ2) is 4.17. The summed E-state index contributed by atoms with van der Waals surface area (Å²) in [5.41, 5.74) is -0.307. The second-order valence-electron chi connectivity index (χ2n) is 3.08. The third-order valence-corrected chi connectivity index (χ3v) is 3.51. The van der Waals surface area contributed by atoms with Gasteiger partial charge in [0.25, 0.3) is 0 Å². The molecule has 1 N–H and O–H groups in total. The molecule has 13 heavy (non-hydrogen) atoms. The van der Waals surface area contributed by atoms with Crippen LogP contribution in [0, 0.1) is 0 Å². The summed E-state index contributed by atoms with van der Waals surface area (Å²) in [5.74, 6) is 0. The summed E-state index contributed by atoms with van der Waals surface area (Å²) in [5, 5.41) is 9.82. The van der Waals surface area contributed by atoms with E-state index in [1.54, 1.807) is 13.3 Å². The maximum atomic E-state index is 8.89. The molecule has 0 fully saturated rings. The minimum absolute atomic E-state index is 0.0567. The van der Waals surface area contributed by atoms with Crippen LogP contribution >= 0.6 is 11.3 Å². The van der Waals surface area contributed by atoms with Crippen LogP contribution in [-0.4, -0.2) is 17.2 Å². The van der Waals surface area contributed by atoms with Crippen LogP contribution in [0.3, 0.4) is 0 Å². The maximum absolute atomic E-state index is 8.89. The van der Waals surface area contributed by atoms with Crippen LogP contribution in [0.5, 0.6) is 0 Å². The number of nitrogens with zero attached hydrogens (tertiary/aromatic N) is 1. The molecule has 0 amide bonds.